The highest BCUT2D eigenvalue weighted by Crippen LogP contribution is 2.44. The van der Waals surface area contributed by atoms with Crippen molar-refractivity contribution < 1.29 is 0 Å². The predicted octanol–water partition coefficient (Wildman–Crippen LogP) is 16.2. The van der Waals surface area contributed by atoms with Crippen LogP contribution in [-0.2, 0) is 21.7 Å². The number of hydrogen-bond donors (Lipinski definition) is 1. The van der Waals surface area contributed by atoms with E-state index in [1.165, 1.54) is 93.5 Å². The van der Waals surface area contributed by atoms with E-state index in [1.54, 1.807) is 0 Å². The average molecular weight is 783 g/mol. The molecule has 4 aromatic carbocycles. The normalized spacial score (nSPS) is 16.6. The van der Waals surface area contributed by atoms with E-state index in [0.29, 0.717) is 0 Å². The summed E-state index contributed by atoms with van der Waals surface area (Å²) in [6.07, 6.45) is 11.2. The van der Waals surface area contributed by atoms with Crippen LogP contribution in [0.4, 0.5) is 0 Å². The van der Waals surface area contributed by atoms with Gasteiger partial charge in [0.05, 0.1) is 17.1 Å². The van der Waals surface area contributed by atoms with Gasteiger partial charge in [-0.3, -0.25) is 0 Å². The van der Waals surface area contributed by atoms with E-state index in [9.17, 15) is 0 Å². The molecule has 0 saturated heterocycles. The lowest BCUT2D eigenvalue weighted by Crippen LogP contribution is -2.11. The number of hydrogen-bond acceptors (Lipinski definition) is 1. The van der Waals surface area contributed by atoms with Gasteiger partial charge in [-0.25, -0.2) is 4.99 Å². The second-order valence-electron chi connectivity index (χ2n) is 21.7. The van der Waals surface area contributed by atoms with Gasteiger partial charge in [0.2, 0.25) is 0 Å². The van der Waals surface area contributed by atoms with Gasteiger partial charge >= 0.3 is 0 Å². The first-order valence-electron chi connectivity index (χ1n) is 22.5. The molecule has 1 fully saturated rings. The number of H-pyrrole nitrogens is 1. The molecule has 0 spiro atoms. The van der Waals surface area contributed by atoms with Crippen LogP contribution in [-0.4, -0.2) is 10.7 Å². The van der Waals surface area contributed by atoms with Crippen LogP contribution >= 0.6 is 0 Å². The van der Waals surface area contributed by atoms with Crippen molar-refractivity contribution in [1.82, 2.24) is 4.98 Å². The van der Waals surface area contributed by atoms with E-state index in [0.717, 1.165) is 41.4 Å². The van der Waals surface area contributed by atoms with Crippen LogP contribution in [0.3, 0.4) is 0 Å². The second kappa shape index (κ2) is 16.4. The quantitative estimate of drug-likeness (QED) is 0.162. The summed E-state index contributed by atoms with van der Waals surface area (Å²) in [6, 6.07) is 39.4. The molecule has 7 rings (SSSR count). The molecule has 0 amide bonds. The summed E-state index contributed by atoms with van der Waals surface area (Å²) >= 11 is 0. The first kappa shape index (κ1) is 42.4. The molecule has 0 unspecified atom stereocenters. The summed E-state index contributed by atoms with van der Waals surface area (Å²) < 4.78 is 0. The van der Waals surface area contributed by atoms with Gasteiger partial charge in [0, 0.05) is 28.0 Å². The Bertz CT molecular complexity index is 2320. The Morgan fingerprint density at radius 3 is 1.41 bits per heavy atom. The van der Waals surface area contributed by atoms with Crippen LogP contribution in [0, 0.1) is 5.92 Å². The minimum atomic E-state index is 0.0754. The van der Waals surface area contributed by atoms with Gasteiger partial charge in [0.25, 0.3) is 0 Å². The molecule has 1 aliphatic carbocycles. The Labute approximate surface area is 357 Å². The van der Waals surface area contributed by atoms with Crippen molar-refractivity contribution in [3.8, 4) is 22.4 Å². The third kappa shape index (κ3) is 9.70. The largest absolute Gasteiger partial charge is 0.354 e. The maximum atomic E-state index is 5.71. The third-order valence-electron chi connectivity index (χ3n) is 12.9. The Morgan fingerprint density at radius 1 is 0.525 bits per heavy atom. The molecule has 1 N–H and O–H groups in total. The number of benzene rings is 4. The number of allylic oxidation sites excluding steroid dienone is 3. The summed E-state index contributed by atoms with van der Waals surface area (Å²) in [5.41, 5.74) is 18.8. The van der Waals surface area contributed by atoms with Gasteiger partial charge in [-0.15, -0.1) is 0 Å². The van der Waals surface area contributed by atoms with Crippen LogP contribution in [0.2, 0.25) is 0 Å². The minimum Gasteiger partial charge on any atom is -0.354 e. The molecule has 308 valence electrons. The van der Waals surface area contributed by atoms with Crippen molar-refractivity contribution in [2.75, 3.05) is 0 Å². The van der Waals surface area contributed by atoms with E-state index < -0.39 is 0 Å². The third-order valence-corrected chi connectivity index (χ3v) is 12.9. The smallest absolute Gasteiger partial charge is 0.0769 e. The standard InChI is InChI=1S/C57H70N2/c1-54(2,3)43-27-19-39(20-28-43)48-36-50(41-23-31-45(32-24-41)56(7,8)9)58-52(48)47(35-18-38-16-14-13-15-17-38)53-49(40-21-29-44(30-22-40)55(4,5)6)37-51(59-53)42-25-33-46(34-26-42)57(10,11)12/h19-34,36-38,58H,13-18,35H2,1-12H3/b53-47-. The molecule has 1 aromatic heterocycles. The number of rotatable bonds is 8. The van der Waals surface area contributed by atoms with Crippen LogP contribution < -0.4 is 0 Å². The number of nitrogens with zero attached hydrogens (tertiary/aromatic N) is 1. The SMILES string of the molecule is CC(C)(C)c1ccc(C2=CC(c3ccc(C(C)(C)C)cc3)=N/C2=C(/CCC2CCCCC2)c2[nH]c(-c3ccc(C(C)(C)C)cc3)cc2-c2ccc(C(C)(C)C)cc2)cc1. The molecule has 59 heavy (non-hydrogen) atoms. The maximum Gasteiger partial charge on any atom is 0.0769 e. The van der Waals surface area contributed by atoms with Crippen molar-refractivity contribution in [2.45, 2.75) is 150 Å². The summed E-state index contributed by atoms with van der Waals surface area (Å²) in [5.74, 6) is 0.738. The van der Waals surface area contributed by atoms with Crippen molar-refractivity contribution >= 4 is 16.9 Å². The fraction of sp³-hybridized carbons (Fsp3) is 0.421. The molecule has 1 aliphatic heterocycles. The average Bonchev–Trinajstić information content (AvgIpc) is 3.84. The van der Waals surface area contributed by atoms with E-state index in [-0.39, 0.29) is 21.7 Å². The molecule has 0 radical (unpaired) electrons. The van der Waals surface area contributed by atoms with Gasteiger partial charge in [-0.2, -0.15) is 0 Å². The molecule has 2 heterocycles. The van der Waals surface area contributed by atoms with E-state index >= 15 is 0 Å². The highest BCUT2D eigenvalue weighted by atomic mass is 14.8. The lowest BCUT2D eigenvalue weighted by atomic mass is 9.83. The van der Waals surface area contributed by atoms with Crippen molar-refractivity contribution in [3.05, 3.63) is 154 Å². The fourth-order valence-electron chi connectivity index (χ4n) is 8.87. The van der Waals surface area contributed by atoms with E-state index in [4.69, 9.17) is 4.99 Å². The van der Waals surface area contributed by atoms with Crippen LogP contribution in [0.5, 0.6) is 0 Å². The molecular formula is C57H70N2. The minimum absolute atomic E-state index is 0.0754. The topological polar surface area (TPSA) is 28.1 Å². The van der Waals surface area contributed by atoms with Gasteiger partial charge in [-0.1, -0.05) is 212 Å². The van der Waals surface area contributed by atoms with Gasteiger partial charge in [0.1, 0.15) is 0 Å². The zero-order valence-electron chi connectivity index (χ0n) is 38.4. The van der Waals surface area contributed by atoms with Gasteiger partial charge in [-0.05, 0) is 91.5 Å². The van der Waals surface area contributed by atoms with E-state index in [2.05, 4.69) is 197 Å². The maximum absolute atomic E-state index is 5.71. The Morgan fingerprint density at radius 2 is 0.949 bits per heavy atom. The number of aromatic nitrogens is 1. The zero-order valence-corrected chi connectivity index (χ0v) is 38.4. The summed E-state index contributed by atoms with van der Waals surface area (Å²) in [5, 5.41) is 0. The summed E-state index contributed by atoms with van der Waals surface area (Å²) in [4.78, 5) is 9.79. The molecule has 1 saturated carbocycles. The first-order valence-corrected chi connectivity index (χ1v) is 22.5. The zero-order chi connectivity index (χ0) is 42.3. The lowest BCUT2D eigenvalue weighted by molar-refractivity contribution is 0.342. The molecule has 2 nitrogen and oxygen atoms in total. The highest BCUT2D eigenvalue weighted by molar-refractivity contribution is 6.19. The van der Waals surface area contributed by atoms with Crippen LogP contribution in [0.15, 0.2) is 120 Å². The monoisotopic (exact) mass is 783 g/mol. The number of nitrogens with one attached hydrogen (secondary N) is 1. The summed E-state index contributed by atoms with van der Waals surface area (Å²) in [7, 11) is 0. The van der Waals surface area contributed by atoms with E-state index in [1.807, 2.05) is 0 Å². The lowest BCUT2D eigenvalue weighted by Gasteiger charge is -2.23. The Balaban J connectivity index is 1.46. The second-order valence-corrected chi connectivity index (χ2v) is 21.7. The Kier molecular flexibility index (Phi) is 11.8. The number of aromatic amines is 1. The fourth-order valence-corrected chi connectivity index (χ4v) is 8.87. The van der Waals surface area contributed by atoms with Crippen LogP contribution in [0.25, 0.3) is 33.5 Å². The Hall–Kier alpha value is -4.69. The van der Waals surface area contributed by atoms with Crippen molar-refractivity contribution in [1.29, 1.82) is 0 Å². The highest BCUT2D eigenvalue weighted by Gasteiger charge is 2.28. The van der Waals surface area contributed by atoms with Gasteiger partial charge in [0.15, 0.2) is 0 Å². The summed E-state index contributed by atoms with van der Waals surface area (Å²) in [6.45, 7) is 27.5. The van der Waals surface area contributed by atoms with Gasteiger partial charge < -0.3 is 4.98 Å². The molecule has 0 bridgehead atoms. The molecule has 5 aromatic rings. The molecule has 2 heteroatoms. The molecule has 0 atom stereocenters. The molecule has 2 aliphatic rings. The molecular weight excluding hydrogens is 713 g/mol. The van der Waals surface area contributed by atoms with Crippen molar-refractivity contribution in [2.24, 2.45) is 10.9 Å². The predicted molar refractivity (Wildman–Crippen MR) is 257 cm³/mol. The first-order chi connectivity index (χ1) is 27.8. The van der Waals surface area contributed by atoms with Crippen molar-refractivity contribution in [3.63, 3.8) is 0 Å². The van der Waals surface area contributed by atoms with Crippen LogP contribution in [0.1, 0.15) is 167 Å². The number of aliphatic imine (C=N–C) groups is 1.